The Bertz CT molecular complexity index is 623. The van der Waals surface area contributed by atoms with Gasteiger partial charge in [0, 0.05) is 25.2 Å². The van der Waals surface area contributed by atoms with Crippen LogP contribution in [-0.2, 0) is 20.8 Å². The van der Waals surface area contributed by atoms with Gasteiger partial charge < -0.3 is 9.47 Å². The van der Waals surface area contributed by atoms with Crippen molar-refractivity contribution in [2.45, 2.75) is 25.8 Å². The first-order valence-corrected chi connectivity index (χ1v) is 7.90. The number of carbonyl (C=O) groups is 1. The number of rotatable bonds is 6. The van der Waals surface area contributed by atoms with Gasteiger partial charge in [-0.15, -0.1) is 10.2 Å². The summed E-state index contributed by atoms with van der Waals surface area (Å²) in [4.78, 5) is 13.4. The van der Waals surface area contributed by atoms with Gasteiger partial charge >= 0.3 is 5.97 Å². The molecule has 0 saturated carbocycles. The van der Waals surface area contributed by atoms with Crippen molar-refractivity contribution in [2.75, 3.05) is 19.8 Å². The van der Waals surface area contributed by atoms with Crippen molar-refractivity contribution in [1.82, 2.24) is 20.2 Å². The predicted octanol–water partition coefficient (Wildman–Crippen LogP) is 1.70. The molecule has 7 heteroatoms. The van der Waals surface area contributed by atoms with Gasteiger partial charge in [-0.1, -0.05) is 30.3 Å². The lowest BCUT2D eigenvalue weighted by atomic mass is 10.0. The summed E-state index contributed by atoms with van der Waals surface area (Å²) in [5, 5.41) is 12.4. The molecule has 1 saturated heterocycles. The second-order valence-electron chi connectivity index (χ2n) is 5.48. The van der Waals surface area contributed by atoms with E-state index in [0.717, 1.165) is 18.4 Å². The highest BCUT2D eigenvalue weighted by Gasteiger charge is 2.22. The fourth-order valence-electron chi connectivity index (χ4n) is 2.47. The number of aromatic nitrogens is 4. The minimum Gasteiger partial charge on any atom is -0.465 e. The average Bonchev–Trinajstić information content (AvgIpc) is 3.09. The smallest absolute Gasteiger partial charge is 0.309 e. The maximum atomic E-state index is 11.9. The van der Waals surface area contributed by atoms with Crippen molar-refractivity contribution in [2.24, 2.45) is 5.92 Å². The highest BCUT2D eigenvalue weighted by molar-refractivity contribution is 5.72. The van der Waals surface area contributed by atoms with Gasteiger partial charge in [0.25, 0.3) is 0 Å². The largest absolute Gasteiger partial charge is 0.465 e. The highest BCUT2D eigenvalue weighted by Crippen LogP contribution is 2.16. The maximum absolute atomic E-state index is 11.9. The molecule has 122 valence electrons. The zero-order valence-electron chi connectivity index (χ0n) is 12.9. The summed E-state index contributed by atoms with van der Waals surface area (Å²) in [6.07, 6.45) is 2.17. The molecule has 1 aliphatic heterocycles. The highest BCUT2D eigenvalue weighted by atomic mass is 16.5. The van der Waals surface area contributed by atoms with Gasteiger partial charge in [-0.25, -0.2) is 0 Å². The summed E-state index contributed by atoms with van der Waals surface area (Å²) in [7, 11) is 0. The number of hydrogen-bond donors (Lipinski definition) is 0. The van der Waals surface area contributed by atoms with Crippen molar-refractivity contribution in [3.63, 3.8) is 0 Å². The van der Waals surface area contributed by atoms with E-state index in [2.05, 4.69) is 15.4 Å². The normalized spacial score (nSPS) is 15.5. The number of carbonyl (C=O) groups excluding carboxylic acids is 1. The lowest BCUT2D eigenvalue weighted by molar-refractivity contribution is -0.151. The molecule has 0 spiro atoms. The summed E-state index contributed by atoms with van der Waals surface area (Å²) in [5.74, 6) is 0.465. The van der Waals surface area contributed by atoms with E-state index in [1.54, 1.807) is 0 Å². The van der Waals surface area contributed by atoms with E-state index in [-0.39, 0.29) is 11.9 Å². The monoisotopic (exact) mass is 316 g/mol. The number of esters is 1. The quantitative estimate of drug-likeness (QED) is 0.596. The van der Waals surface area contributed by atoms with Crippen LogP contribution in [0, 0.1) is 5.92 Å². The first-order chi connectivity index (χ1) is 11.3. The van der Waals surface area contributed by atoms with Crippen LogP contribution < -0.4 is 0 Å². The number of aryl methyl sites for hydroxylation is 1. The topological polar surface area (TPSA) is 79.1 Å². The summed E-state index contributed by atoms with van der Waals surface area (Å²) in [6.45, 7) is 2.23. The van der Waals surface area contributed by atoms with Crippen molar-refractivity contribution >= 4 is 5.97 Å². The van der Waals surface area contributed by atoms with Gasteiger partial charge in [-0.2, -0.15) is 4.80 Å². The Balaban J connectivity index is 1.41. The van der Waals surface area contributed by atoms with E-state index < -0.39 is 0 Å². The van der Waals surface area contributed by atoms with Gasteiger partial charge in [0.1, 0.15) is 0 Å². The van der Waals surface area contributed by atoms with Crippen LogP contribution in [0.1, 0.15) is 19.3 Å². The minimum atomic E-state index is -0.121. The zero-order valence-corrected chi connectivity index (χ0v) is 12.9. The van der Waals surface area contributed by atoms with Crippen LogP contribution in [0.25, 0.3) is 11.4 Å². The molecule has 0 bridgehead atoms. The van der Waals surface area contributed by atoms with Crippen LogP contribution >= 0.6 is 0 Å². The molecular weight excluding hydrogens is 296 g/mol. The molecule has 0 N–H and O–H groups in total. The molecule has 0 amide bonds. The van der Waals surface area contributed by atoms with Crippen LogP contribution in [0.2, 0.25) is 0 Å². The Morgan fingerprint density at radius 3 is 2.83 bits per heavy atom. The molecular formula is C16H20N4O3. The molecule has 0 aliphatic carbocycles. The Morgan fingerprint density at radius 2 is 2.04 bits per heavy atom. The minimum absolute atomic E-state index is 0.0158. The van der Waals surface area contributed by atoms with Gasteiger partial charge in [0.15, 0.2) is 0 Å². The molecule has 1 aromatic carbocycles. The average molecular weight is 316 g/mol. The predicted molar refractivity (Wildman–Crippen MR) is 82.4 cm³/mol. The molecule has 2 heterocycles. The lowest BCUT2D eigenvalue weighted by Gasteiger charge is -2.20. The second-order valence-corrected chi connectivity index (χ2v) is 5.48. The molecule has 3 rings (SSSR count). The molecule has 7 nitrogen and oxygen atoms in total. The number of nitrogens with zero attached hydrogens (tertiary/aromatic N) is 4. The van der Waals surface area contributed by atoms with Crippen LogP contribution in [0.4, 0.5) is 0 Å². The maximum Gasteiger partial charge on any atom is 0.309 e. The Morgan fingerprint density at radius 1 is 1.26 bits per heavy atom. The third kappa shape index (κ3) is 4.35. The van der Waals surface area contributed by atoms with E-state index in [1.807, 2.05) is 30.3 Å². The third-order valence-electron chi connectivity index (χ3n) is 3.79. The van der Waals surface area contributed by atoms with E-state index in [9.17, 15) is 4.79 Å². The summed E-state index contributed by atoms with van der Waals surface area (Å²) >= 11 is 0. The number of hydrogen-bond acceptors (Lipinski definition) is 6. The Labute approximate surface area is 134 Å². The first-order valence-electron chi connectivity index (χ1n) is 7.90. The van der Waals surface area contributed by atoms with Gasteiger partial charge in [-0.3, -0.25) is 4.79 Å². The first kappa shape index (κ1) is 15.6. The van der Waals surface area contributed by atoms with Crippen LogP contribution in [-0.4, -0.2) is 46.0 Å². The standard InChI is InChI=1S/C16H20N4O3/c21-16(14-7-11-22-12-8-14)23-10-4-9-20-18-15(17-19-20)13-5-2-1-3-6-13/h1-3,5-6,14H,4,7-12H2. The van der Waals surface area contributed by atoms with Gasteiger partial charge in [-0.05, 0) is 18.1 Å². The molecule has 0 unspecified atom stereocenters. The van der Waals surface area contributed by atoms with E-state index >= 15 is 0 Å². The molecule has 0 radical (unpaired) electrons. The number of benzene rings is 1. The molecule has 1 aromatic heterocycles. The number of ether oxygens (including phenoxy) is 2. The lowest BCUT2D eigenvalue weighted by Crippen LogP contribution is -2.25. The molecule has 2 aromatic rings. The second kappa shape index (κ2) is 7.82. The van der Waals surface area contributed by atoms with Crippen molar-refractivity contribution < 1.29 is 14.3 Å². The fraction of sp³-hybridized carbons (Fsp3) is 0.500. The SMILES string of the molecule is O=C(OCCCn1nnc(-c2ccccc2)n1)C1CCOCC1. The summed E-state index contributed by atoms with van der Waals surface area (Å²) in [5.41, 5.74) is 0.935. The van der Waals surface area contributed by atoms with E-state index in [4.69, 9.17) is 9.47 Å². The van der Waals surface area contributed by atoms with Crippen LogP contribution in [0.3, 0.4) is 0 Å². The summed E-state index contributed by atoms with van der Waals surface area (Å²) < 4.78 is 10.5. The van der Waals surface area contributed by atoms with Crippen LogP contribution in [0.5, 0.6) is 0 Å². The summed E-state index contributed by atoms with van der Waals surface area (Å²) in [6, 6.07) is 9.70. The van der Waals surface area contributed by atoms with Crippen molar-refractivity contribution in [1.29, 1.82) is 0 Å². The Hall–Kier alpha value is -2.28. The fourth-order valence-corrected chi connectivity index (χ4v) is 2.47. The molecule has 1 fully saturated rings. The van der Waals surface area contributed by atoms with Crippen molar-refractivity contribution in [3.8, 4) is 11.4 Å². The Kier molecular flexibility index (Phi) is 5.31. The third-order valence-corrected chi connectivity index (χ3v) is 3.79. The molecule has 1 aliphatic rings. The number of tetrazole rings is 1. The van der Waals surface area contributed by atoms with Gasteiger partial charge in [0.2, 0.25) is 5.82 Å². The van der Waals surface area contributed by atoms with E-state index in [1.165, 1.54) is 4.80 Å². The van der Waals surface area contributed by atoms with E-state index in [0.29, 0.717) is 38.6 Å². The molecule has 0 atom stereocenters. The zero-order chi connectivity index (χ0) is 15.9. The molecule has 23 heavy (non-hydrogen) atoms. The van der Waals surface area contributed by atoms with Crippen molar-refractivity contribution in [3.05, 3.63) is 30.3 Å². The van der Waals surface area contributed by atoms with Crippen LogP contribution in [0.15, 0.2) is 30.3 Å². The van der Waals surface area contributed by atoms with Gasteiger partial charge in [0.05, 0.1) is 19.1 Å².